The highest BCUT2D eigenvalue weighted by Gasteiger charge is 2.09. The van der Waals surface area contributed by atoms with Crippen LogP contribution in [0.15, 0.2) is 30.3 Å². The summed E-state index contributed by atoms with van der Waals surface area (Å²) in [6.45, 7) is 4.78. The molecule has 0 aliphatic carbocycles. The summed E-state index contributed by atoms with van der Waals surface area (Å²) in [5, 5.41) is 6.26. The lowest BCUT2D eigenvalue weighted by atomic mass is 10.1. The summed E-state index contributed by atoms with van der Waals surface area (Å²) in [6.07, 6.45) is 5.87. The summed E-state index contributed by atoms with van der Waals surface area (Å²) in [7, 11) is 0. The Balaban J connectivity index is 2.30. The van der Waals surface area contributed by atoms with Gasteiger partial charge in [0.05, 0.1) is 6.54 Å². The van der Waals surface area contributed by atoms with Crippen molar-refractivity contribution in [1.29, 1.82) is 0 Å². The number of rotatable bonds is 9. The van der Waals surface area contributed by atoms with Gasteiger partial charge in [-0.2, -0.15) is 0 Å². The minimum absolute atomic E-state index is 0.0313. The summed E-state index contributed by atoms with van der Waals surface area (Å²) in [4.78, 5) is 11.8. The third kappa shape index (κ3) is 6.97. The molecule has 1 rings (SSSR count). The maximum Gasteiger partial charge on any atom is 0.238 e. The van der Waals surface area contributed by atoms with Crippen LogP contribution in [-0.2, 0) is 4.79 Å². The molecule has 1 aromatic carbocycles. The van der Waals surface area contributed by atoms with Gasteiger partial charge in [-0.3, -0.25) is 4.79 Å². The zero-order chi connectivity index (χ0) is 13.9. The van der Waals surface area contributed by atoms with Gasteiger partial charge in [-0.15, -0.1) is 0 Å². The second-order valence-electron chi connectivity index (χ2n) is 4.92. The fraction of sp³-hybridized carbons (Fsp3) is 0.562. The average Bonchev–Trinajstić information content (AvgIpc) is 2.43. The third-order valence-corrected chi connectivity index (χ3v) is 3.15. The van der Waals surface area contributed by atoms with Crippen LogP contribution in [0.25, 0.3) is 0 Å². The Kier molecular flexibility index (Phi) is 7.91. The van der Waals surface area contributed by atoms with Crippen LogP contribution in [0.5, 0.6) is 0 Å². The van der Waals surface area contributed by atoms with Crippen LogP contribution in [0.4, 0.5) is 5.69 Å². The van der Waals surface area contributed by atoms with E-state index in [4.69, 9.17) is 0 Å². The van der Waals surface area contributed by atoms with E-state index in [2.05, 4.69) is 24.5 Å². The Hall–Kier alpha value is -1.35. The quantitative estimate of drug-likeness (QED) is 0.714. The molecule has 0 fully saturated rings. The molecule has 2 N–H and O–H groups in total. The highest BCUT2D eigenvalue weighted by molar-refractivity contribution is 5.92. The van der Waals surface area contributed by atoms with Gasteiger partial charge in [0.2, 0.25) is 5.91 Å². The van der Waals surface area contributed by atoms with Gasteiger partial charge < -0.3 is 10.6 Å². The summed E-state index contributed by atoms with van der Waals surface area (Å²) in [5.41, 5.74) is 0.856. The number of benzene rings is 1. The van der Waals surface area contributed by atoms with E-state index >= 15 is 0 Å². The van der Waals surface area contributed by atoms with Crippen molar-refractivity contribution < 1.29 is 4.79 Å². The first kappa shape index (κ1) is 15.7. The first-order valence-electron chi connectivity index (χ1n) is 7.34. The van der Waals surface area contributed by atoms with Crippen molar-refractivity contribution in [3.63, 3.8) is 0 Å². The lowest BCUT2D eigenvalue weighted by Crippen LogP contribution is -2.36. The molecule has 106 valence electrons. The number of carbonyl (C=O) groups is 1. The molecule has 0 aliphatic rings. The van der Waals surface area contributed by atoms with Crippen molar-refractivity contribution in [3.8, 4) is 0 Å². The summed E-state index contributed by atoms with van der Waals surface area (Å²) in [6, 6.07) is 10.0. The maximum absolute atomic E-state index is 11.8. The maximum atomic E-state index is 11.8. The number of anilines is 1. The second-order valence-corrected chi connectivity index (χ2v) is 4.92. The van der Waals surface area contributed by atoms with Crippen LogP contribution in [-0.4, -0.2) is 18.5 Å². The monoisotopic (exact) mass is 262 g/mol. The summed E-state index contributed by atoms with van der Waals surface area (Å²) >= 11 is 0. The van der Waals surface area contributed by atoms with Gasteiger partial charge in [0.25, 0.3) is 0 Å². The SMILES string of the molecule is CCCCC(CCC)NCC(=O)Nc1ccccc1. The molecular formula is C16H26N2O. The molecule has 0 spiro atoms. The molecule has 0 bridgehead atoms. The standard InChI is InChI=1S/C16H26N2O/c1-3-5-10-14(9-4-2)17-13-16(19)18-15-11-7-6-8-12-15/h6-8,11-12,14,17H,3-5,9-10,13H2,1-2H3,(H,18,19). The van der Waals surface area contributed by atoms with Gasteiger partial charge in [-0.1, -0.05) is 51.3 Å². The summed E-state index contributed by atoms with van der Waals surface area (Å²) < 4.78 is 0. The fourth-order valence-electron chi connectivity index (χ4n) is 2.11. The van der Waals surface area contributed by atoms with E-state index in [-0.39, 0.29) is 5.91 Å². The predicted molar refractivity (Wildman–Crippen MR) is 81.3 cm³/mol. The molecule has 3 heteroatoms. The number of hydrogen-bond donors (Lipinski definition) is 2. The smallest absolute Gasteiger partial charge is 0.238 e. The van der Waals surface area contributed by atoms with E-state index in [0.29, 0.717) is 12.6 Å². The normalized spacial score (nSPS) is 12.1. The average molecular weight is 262 g/mol. The predicted octanol–water partition coefficient (Wildman–Crippen LogP) is 3.57. The third-order valence-electron chi connectivity index (χ3n) is 3.15. The molecule has 1 aromatic rings. The van der Waals surface area contributed by atoms with E-state index in [1.807, 2.05) is 30.3 Å². The number of amides is 1. The molecule has 0 aromatic heterocycles. The molecule has 0 aliphatic heterocycles. The lowest BCUT2D eigenvalue weighted by molar-refractivity contribution is -0.115. The molecule has 0 saturated carbocycles. The molecule has 0 heterocycles. The van der Waals surface area contributed by atoms with Crippen LogP contribution < -0.4 is 10.6 Å². The second kappa shape index (κ2) is 9.56. The number of hydrogen-bond acceptors (Lipinski definition) is 2. The highest BCUT2D eigenvalue weighted by Crippen LogP contribution is 2.07. The van der Waals surface area contributed by atoms with Crippen molar-refractivity contribution in [2.45, 2.75) is 52.0 Å². The van der Waals surface area contributed by atoms with Crippen LogP contribution in [0.2, 0.25) is 0 Å². The zero-order valence-electron chi connectivity index (χ0n) is 12.1. The number of carbonyl (C=O) groups excluding carboxylic acids is 1. The largest absolute Gasteiger partial charge is 0.325 e. The fourth-order valence-corrected chi connectivity index (χ4v) is 2.11. The van der Waals surface area contributed by atoms with Crippen molar-refractivity contribution in [2.24, 2.45) is 0 Å². The van der Waals surface area contributed by atoms with Gasteiger partial charge in [-0.05, 0) is 25.0 Å². The minimum Gasteiger partial charge on any atom is -0.325 e. The number of unbranched alkanes of at least 4 members (excludes halogenated alkanes) is 1. The highest BCUT2D eigenvalue weighted by atomic mass is 16.1. The Morgan fingerprint density at radius 1 is 1.11 bits per heavy atom. The Bertz CT molecular complexity index is 351. The molecule has 0 radical (unpaired) electrons. The van der Waals surface area contributed by atoms with Gasteiger partial charge >= 0.3 is 0 Å². The Morgan fingerprint density at radius 3 is 2.47 bits per heavy atom. The molecular weight excluding hydrogens is 236 g/mol. The van der Waals surface area contributed by atoms with E-state index in [9.17, 15) is 4.79 Å². The lowest BCUT2D eigenvalue weighted by Gasteiger charge is -2.17. The number of nitrogens with one attached hydrogen (secondary N) is 2. The van der Waals surface area contributed by atoms with Gasteiger partial charge in [-0.25, -0.2) is 0 Å². The van der Waals surface area contributed by atoms with Crippen molar-refractivity contribution in [2.75, 3.05) is 11.9 Å². The Labute approximate surface area is 116 Å². The van der Waals surface area contributed by atoms with Crippen LogP contribution >= 0.6 is 0 Å². The van der Waals surface area contributed by atoms with Gasteiger partial charge in [0.15, 0.2) is 0 Å². The zero-order valence-corrected chi connectivity index (χ0v) is 12.1. The first-order chi connectivity index (χ1) is 9.26. The van der Waals surface area contributed by atoms with Crippen LogP contribution in [0.3, 0.4) is 0 Å². The minimum atomic E-state index is 0.0313. The van der Waals surface area contributed by atoms with Gasteiger partial charge in [0, 0.05) is 11.7 Å². The van der Waals surface area contributed by atoms with E-state index < -0.39 is 0 Å². The van der Waals surface area contributed by atoms with Crippen molar-refractivity contribution >= 4 is 11.6 Å². The van der Waals surface area contributed by atoms with Crippen molar-refractivity contribution in [3.05, 3.63) is 30.3 Å². The van der Waals surface area contributed by atoms with Crippen molar-refractivity contribution in [1.82, 2.24) is 5.32 Å². The van der Waals surface area contributed by atoms with E-state index in [0.717, 1.165) is 24.9 Å². The Morgan fingerprint density at radius 2 is 1.84 bits per heavy atom. The molecule has 1 atom stereocenters. The van der Waals surface area contributed by atoms with E-state index in [1.54, 1.807) is 0 Å². The topological polar surface area (TPSA) is 41.1 Å². The first-order valence-corrected chi connectivity index (χ1v) is 7.34. The molecule has 0 saturated heterocycles. The summed E-state index contributed by atoms with van der Waals surface area (Å²) in [5.74, 6) is 0.0313. The molecule has 19 heavy (non-hydrogen) atoms. The van der Waals surface area contributed by atoms with Gasteiger partial charge in [0.1, 0.15) is 0 Å². The van der Waals surface area contributed by atoms with Crippen LogP contribution in [0, 0.1) is 0 Å². The molecule has 1 amide bonds. The number of para-hydroxylation sites is 1. The van der Waals surface area contributed by atoms with E-state index in [1.165, 1.54) is 12.8 Å². The van der Waals surface area contributed by atoms with Crippen LogP contribution in [0.1, 0.15) is 46.0 Å². The molecule has 1 unspecified atom stereocenters. The molecule has 3 nitrogen and oxygen atoms in total.